The van der Waals surface area contributed by atoms with Crippen LogP contribution in [-0.4, -0.2) is 57.5 Å². The van der Waals surface area contributed by atoms with Crippen LogP contribution < -0.4 is 5.32 Å². The van der Waals surface area contributed by atoms with E-state index in [1.165, 1.54) is 0 Å². The maximum atomic E-state index is 12.5. The molecule has 1 unspecified atom stereocenters. The van der Waals surface area contributed by atoms with Crippen molar-refractivity contribution in [3.63, 3.8) is 0 Å². The Bertz CT molecular complexity index is 737. The Balaban J connectivity index is 1.39. The van der Waals surface area contributed by atoms with Crippen molar-refractivity contribution in [1.29, 1.82) is 0 Å². The molecule has 138 valence electrons. The highest BCUT2D eigenvalue weighted by Gasteiger charge is 2.44. The number of hydrogen-bond acceptors (Lipinski definition) is 5. The van der Waals surface area contributed by atoms with E-state index in [0.717, 1.165) is 51.4 Å². The van der Waals surface area contributed by atoms with Crippen LogP contribution >= 0.6 is 0 Å². The zero-order valence-corrected chi connectivity index (χ0v) is 15.1. The standard InChI is InChI=1S/C16H25N5O3S/c22-16(17-12-4-1-2-5-12)15-11-20(19-18-15)10-13-6-3-9-21(13)25(23,24)14-7-8-14/h11-14H,1-10H2,(H,17,22). The van der Waals surface area contributed by atoms with Gasteiger partial charge in [0.2, 0.25) is 10.0 Å². The molecule has 9 heteroatoms. The lowest BCUT2D eigenvalue weighted by Gasteiger charge is -2.23. The summed E-state index contributed by atoms with van der Waals surface area (Å²) in [6.45, 7) is 1.04. The van der Waals surface area contributed by atoms with Gasteiger partial charge in [-0.2, -0.15) is 4.31 Å². The number of rotatable bonds is 6. The highest BCUT2D eigenvalue weighted by Crippen LogP contribution is 2.35. The van der Waals surface area contributed by atoms with E-state index in [1.54, 1.807) is 15.2 Å². The first-order valence-electron chi connectivity index (χ1n) is 9.26. The number of carbonyl (C=O) groups excluding carboxylic acids is 1. The summed E-state index contributed by atoms with van der Waals surface area (Å²) in [7, 11) is -3.17. The molecule has 4 rings (SSSR count). The van der Waals surface area contributed by atoms with Gasteiger partial charge >= 0.3 is 0 Å². The van der Waals surface area contributed by atoms with Gasteiger partial charge in [-0.3, -0.25) is 9.48 Å². The predicted octanol–water partition coefficient (Wildman–Crippen LogP) is 0.907. The predicted molar refractivity (Wildman–Crippen MR) is 91.4 cm³/mol. The number of aromatic nitrogens is 3. The van der Waals surface area contributed by atoms with Gasteiger partial charge < -0.3 is 5.32 Å². The monoisotopic (exact) mass is 367 g/mol. The Morgan fingerprint density at radius 1 is 1.16 bits per heavy atom. The van der Waals surface area contributed by atoms with Crippen molar-refractivity contribution in [3.05, 3.63) is 11.9 Å². The summed E-state index contributed by atoms with van der Waals surface area (Å²) in [4.78, 5) is 12.2. The molecule has 2 heterocycles. The van der Waals surface area contributed by atoms with Crippen molar-refractivity contribution in [1.82, 2.24) is 24.6 Å². The van der Waals surface area contributed by atoms with Crippen LogP contribution in [-0.2, 0) is 16.6 Å². The molecule has 0 aromatic carbocycles. The van der Waals surface area contributed by atoms with Crippen LogP contribution in [0.4, 0.5) is 0 Å². The van der Waals surface area contributed by atoms with Gasteiger partial charge in [-0.1, -0.05) is 18.1 Å². The van der Waals surface area contributed by atoms with E-state index in [4.69, 9.17) is 0 Å². The van der Waals surface area contributed by atoms with E-state index in [-0.39, 0.29) is 23.2 Å². The third-order valence-electron chi connectivity index (χ3n) is 5.46. The van der Waals surface area contributed by atoms with Crippen LogP contribution in [0.15, 0.2) is 6.20 Å². The second-order valence-corrected chi connectivity index (χ2v) is 9.60. The molecule has 2 aliphatic carbocycles. The Hall–Kier alpha value is -1.48. The first kappa shape index (κ1) is 17.0. The lowest BCUT2D eigenvalue weighted by atomic mass is 10.2. The summed E-state index contributed by atoms with van der Waals surface area (Å²) < 4.78 is 28.3. The van der Waals surface area contributed by atoms with Crippen LogP contribution in [0.1, 0.15) is 61.9 Å². The average molecular weight is 367 g/mol. The Morgan fingerprint density at radius 2 is 1.92 bits per heavy atom. The number of carbonyl (C=O) groups is 1. The molecular formula is C16H25N5O3S. The van der Waals surface area contributed by atoms with Crippen molar-refractivity contribution < 1.29 is 13.2 Å². The second kappa shape index (κ2) is 6.68. The SMILES string of the molecule is O=C(NC1CCCC1)c1cn(CC2CCCN2S(=O)(=O)C2CC2)nn1. The number of amides is 1. The van der Waals surface area contributed by atoms with Gasteiger partial charge in [0.25, 0.3) is 5.91 Å². The van der Waals surface area contributed by atoms with Crippen LogP contribution in [0, 0.1) is 0 Å². The summed E-state index contributed by atoms with van der Waals surface area (Å²) >= 11 is 0. The lowest BCUT2D eigenvalue weighted by Crippen LogP contribution is -2.40. The van der Waals surface area contributed by atoms with Gasteiger partial charge in [-0.05, 0) is 38.5 Å². The molecule has 3 fully saturated rings. The second-order valence-electron chi connectivity index (χ2n) is 7.43. The maximum absolute atomic E-state index is 12.5. The molecule has 1 saturated heterocycles. The summed E-state index contributed by atoms with van der Waals surface area (Å²) in [6.07, 6.45) is 9.25. The normalized spacial score (nSPS) is 25.5. The highest BCUT2D eigenvalue weighted by molar-refractivity contribution is 7.90. The fourth-order valence-electron chi connectivity index (χ4n) is 3.92. The quantitative estimate of drug-likeness (QED) is 0.806. The number of sulfonamides is 1. The van der Waals surface area contributed by atoms with Crippen LogP contribution in [0.25, 0.3) is 0 Å². The Morgan fingerprint density at radius 3 is 2.64 bits per heavy atom. The number of nitrogens with one attached hydrogen (secondary N) is 1. The zero-order chi connectivity index (χ0) is 17.4. The van der Waals surface area contributed by atoms with E-state index in [0.29, 0.717) is 18.8 Å². The number of nitrogens with zero attached hydrogens (tertiary/aromatic N) is 4. The van der Waals surface area contributed by atoms with Crippen LogP contribution in [0.2, 0.25) is 0 Å². The highest BCUT2D eigenvalue weighted by atomic mass is 32.2. The minimum absolute atomic E-state index is 0.0851. The fourth-order valence-corrected chi connectivity index (χ4v) is 6.01. The minimum atomic E-state index is -3.17. The Labute approximate surface area is 148 Å². The molecule has 1 atom stereocenters. The fraction of sp³-hybridized carbons (Fsp3) is 0.812. The van der Waals surface area contributed by atoms with Gasteiger partial charge in [0, 0.05) is 18.6 Å². The first-order chi connectivity index (χ1) is 12.0. The van der Waals surface area contributed by atoms with E-state index < -0.39 is 10.0 Å². The molecule has 0 spiro atoms. The largest absolute Gasteiger partial charge is 0.348 e. The molecule has 1 aliphatic heterocycles. The van der Waals surface area contributed by atoms with Crippen LogP contribution in [0.3, 0.4) is 0 Å². The third-order valence-corrected chi connectivity index (χ3v) is 7.90. The van der Waals surface area contributed by atoms with Crippen molar-refractivity contribution in [2.45, 2.75) is 75.2 Å². The van der Waals surface area contributed by atoms with E-state index in [1.807, 2.05) is 0 Å². The topological polar surface area (TPSA) is 97.2 Å². The minimum Gasteiger partial charge on any atom is -0.348 e. The molecule has 25 heavy (non-hydrogen) atoms. The van der Waals surface area contributed by atoms with Gasteiger partial charge in [0.15, 0.2) is 5.69 Å². The van der Waals surface area contributed by atoms with Gasteiger partial charge in [0.05, 0.1) is 18.0 Å². The Kier molecular flexibility index (Phi) is 4.53. The van der Waals surface area contributed by atoms with Crippen molar-refractivity contribution >= 4 is 15.9 Å². The molecule has 8 nitrogen and oxygen atoms in total. The molecule has 1 aromatic rings. The van der Waals surface area contributed by atoms with Crippen molar-refractivity contribution in [3.8, 4) is 0 Å². The van der Waals surface area contributed by atoms with Gasteiger partial charge in [-0.15, -0.1) is 5.10 Å². The molecule has 1 N–H and O–H groups in total. The van der Waals surface area contributed by atoms with Gasteiger partial charge in [-0.25, -0.2) is 8.42 Å². The number of hydrogen-bond donors (Lipinski definition) is 1. The molecule has 2 saturated carbocycles. The van der Waals surface area contributed by atoms with E-state index in [2.05, 4.69) is 15.6 Å². The van der Waals surface area contributed by atoms with E-state index >= 15 is 0 Å². The maximum Gasteiger partial charge on any atom is 0.273 e. The summed E-state index contributed by atoms with van der Waals surface area (Å²) in [5.41, 5.74) is 0.307. The van der Waals surface area contributed by atoms with Crippen molar-refractivity contribution in [2.24, 2.45) is 0 Å². The average Bonchev–Trinajstić information content (AvgIpc) is 3.00. The molecule has 3 aliphatic rings. The van der Waals surface area contributed by atoms with Crippen LogP contribution in [0.5, 0.6) is 0 Å². The lowest BCUT2D eigenvalue weighted by molar-refractivity contribution is 0.0932. The summed E-state index contributed by atoms with van der Waals surface area (Å²) in [5.74, 6) is -0.188. The summed E-state index contributed by atoms with van der Waals surface area (Å²) in [6, 6.07) is 0.157. The molecular weight excluding hydrogens is 342 g/mol. The molecule has 0 radical (unpaired) electrons. The van der Waals surface area contributed by atoms with Crippen molar-refractivity contribution in [2.75, 3.05) is 6.54 Å². The summed E-state index contributed by atoms with van der Waals surface area (Å²) in [5, 5.41) is 10.8. The van der Waals surface area contributed by atoms with E-state index in [9.17, 15) is 13.2 Å². The molecule has 1 amide bonds. The molecule has 0 bridgehead atoms. The first-order valence-corrected chi connectivity index (χ1v) is 10.8. The third kappa shape index (κ3) is 3.57. The zero-order valence-electron chi connectivity index (χ0n) is 14.3. The van der Waals surface area contributed by atoms with Gasteiger partial charge in [0.1, 0.15) is 0 Å². The molecule has 1 aromatic heterocycles. The smallest absolute Gasteiger partial charge is 0.273 e.